The smallest absolute Gasteiger partial charge is 0.172 e. The standard InChI is InChI=1S/C14H17ClO3/c1-3-17-12-8-10(15)9-6-5-7-11(16)13(9)14(12)18-4-2/h8H,3-7H2,1-2H3. The van der Waals surface area contributed by atoms with E-state index >= 15 is 0 Å². The third kappa shape index (κ3) is 2.32. The van der Waals surface area contributed by atoms with Crippen LogP contribution in [0.4, 0.5) is 0 Å². The quantitative estimate of drug-likeness (QED) is 0.836. The van der Waals surface area contributed by atoms with Crippen LogP contribution in [0, 0.1) is 0 Å². The monoisotopic (exact) mass is 268 g/mol. The molecule has 98 valence electrons. The predicted octanol–water partition coefficient (Wildman–Crippen LogP) is 3.66. The fraction of sp³-hybridized carbons (Fsp3) is 0.500. The van der Waals surface area contributed by atoms with Gasteiger partial charge in [0.15, 0.2) is 17.3 Å². The minimum absolute atomic E-state index is 0.100. The number of carbonyl (C=O) groups is 1. The highest BCUT2D eigenvalue weighted by Gasteiger charge is 2.27. The largest absolute Gasteiger partial charge is 0.490 e. The van der Waals surface area contributed by atoms with Gasteiger partial charge in [0.2, 0.25) is 0 Å². The number of fused-ring (bicyclic) bond motifs is 1. The Bertz CT molecular complexity index is 469. The second-order valence-corrected chi connectivity index (χ2v) is 4.59. The Kier molecular flexibility index (Phi) is 4.12. The molecule has 0 N–H and O–H groups in total. The molecule has 4 heteroatoms. The van der Waals surface area contributed by atoms with Crippen molar-refractivity contribution in [3.63, 3.8) is 0 Å². The first-order chi connectivity index (χ1) is 8.69. The molecule has 0 radical (unpaired) electrons. The molecule has 0 bridgehead atoms. The Hall–Kier alpha value is -1.22. The zero-order chi connectivity index (χ0) is 13.1. The molecule has 1 aliphatic rings. The zero-order valence-corrected chi connectivity index (χ0v) is 11.5. The van der Waals surface area contributed by atoms with Crippen LogP contribution in [0.3, 0.4) is 0 Å². The van der Waals surface area contributed by atoms with Gasteiger partial charge in [-0.3, -0.25) is 4.79 Å². The molecule has 0 fully saturated rings. The molecule has 0 aliphatic heterocycles. The second-order valence-electron chi connectivity index (χ2n) is 4.18. The molecule has 0 heterocycles. The Balaban J connectivity index is 2.60. The molecule has 0 spiro atoms. The van der Waals surface area contributed by atoms with Gasteiger partial charge in [0.1, 0.15) is 0 Å². The van der Waals surface area contributed by atoms with Crippen LogP contribution in [-0.2, 0) is 6.42 Å². The van der Waals surface area contributed by atoms with Crippen LogP contribution in [0.5, 0.6) is 11.5 Å². The van der Waals surface area contributed by atoms with Crippen molar-refractivity contribution in [3.05, 3.63) is 22.2 Å². The number of rotatable bonds is 4. The van der Waals surface area contributed by atoms with E-state index in [0.717, 1.165) is 18.4 Å². The minimum atomic E-state index is 0.100. The first kappa shape index (κ1) is 13.2. The molecule has 1 aliphatic carbocycles. The summed E-state index contributed by atoms with van der Waals surface area (Å²) < 4.78 is 11.1. The number of hydrogen-bond acceptors (Lipinski definition) is 3. The maximum absolute atomic E-state index is 12.1. The first-order valence-electron chi connectivity index (χ1n) is 6.33. The van der Waals surface area contributed by atoms with Crippen LogP contribution in [0.15, 0.2) is 6.07 Å². The van der Waals surface area contributed by atoms with Gasteiger partial charge in [-0.25, -0.2) is 0 Å². The van der Waals surface area contributed by atoms with Crippen LogP contribution in [0.1, 0.15) is 42.6 Å². The van der Waals surface area contributed by atoms with Gasteiger partial charge in [-0.15, -0.1) is 0 Å². The van der Waals surface area contributed by atoms with E-state index in [1.165, 1.54) is 0 Å². The highest BCUT2D eigenvalue weighted by Crippen LogP contribution is 2.41. The molecule has 0 unspecified atom stereocenters. The maximum Gasteiger partial charge on any atom is 0.172 e. The van der Waals surface area contributed by atoms with Crippen LogP contribution < -0.4 is 9.47 Å². The summed E-state index contributed by atoms with van der Waals surface area (Å²) in [6.45, 7) is 4.81. The van der Waals surface area contributed by atoms with Gasteiger partial charge in [0.05, 0.1) is 18.8 Å². The number of ether oxygens (including phenoxy) is 2. The summed E-state index contributed by atoms with van der Waals surface area (Å²) in [7, 11) is 0. The zero-order valence-electron chi connectivity index (χ0n) is 10.7. The summed E-state index contributed by atoms with van der Waals surface area (Å²) in [5, 5.41) is 0.602. The van der Waals surface area contributed by atoms with Crippen molar-refractivity contribution in [3.8, 4) is 11.5 Å². The summed E-state index contributed by atoms with van der Waals surface area (Å²) in [4.78, 5) is 12.1. The second kappa shape index (κ2) is 5.61. The fourth-order valence-electron chi connectivity index (χ4n) is 2.29. The molecular weight excluding hydrogens is 252 g/mol. The molecule has 1 aromatic rings. The van der Waals surface area contributed by atoms with Crippen LogP contribution in [0.2, 0.25) is 5.02 Å². The molecule has 0 saturated heterocycles. The summed E-state index contributed by atoms with van der Waals surface area (Å²) in [5.74, 6) is 1.23. The van der Waals surface area contributed by atoms with E-state index in [2.05, 4.69) is 0 Å². The molecule has 0 atom stereocenters. The van der Waals surface area contributed by atoms with Crippen molar-refractivity contribution in [1.82, 2.24) is 0 Å². The normalized spacial score (nSPS) is 14.3. The summed E-state index contributed by atoms with van der Waals surface area (Å²) in [6, 6.07) is 1.76. The lowest BCUT2D eigenvalue weighted by atomic mass is 9.89. The van der Waals surface area contributed by atoms with Gasteiger partial charge in [0.25, 0.3) is 0 Å². The predicted molar refractivity (Wildman–Crippen MR) is 71.1 cm³/mol. The lowest BCUT2D eigenvalue weighted by Gasteiger charge is -2.22. The van der Waals surface area contributed by atoms with Gasteiger partial charge in [-0.1, -0.05) is 11.6 Å². The van der Waals surface area contributed by atoms with Crippen LogP contribution >= 0.6 is 11.6 Å². The highest BCUT2D eigenvalue weighted by molar-refractivity contribution is 6.32. The van der Waals surface area contributed by atoms with Crippen molar-refractivity contribution in [2.75, 3.05) is 13.2 Å². The SMILES string of the molecule is CCOc1cc(Cl)c2c(c1OCC)C(=O)CCC2. The lowest BCUT2D eigenvalue weighted by molar-refractivity contribution is 0.0967. The van der Waals surface area contributed by atoms with E-state index in [0.29, 0.717) is 41.7 Å². The fourth-order valence-corrected chi connectivity index (χ4v) is 2.58. The Morgan fingerprint density at radius 1 is 1.22 bits per heavy atom. The van der Waals surface area contributed by atoms with Crippen LogP contribution in [-0.4, -0.2) is 19.0 Å². The van der Waals surface area contributed by atoms with Gasteiger partial charge < -0.3 is 9.47 Å². The molecule has 0 amide bonds. The summed E-state index contributed by atoms with van der Waals surface area (Å²) >= 11 is 6.23. The van der Waals surface area contributed by atoms with E-state index in [1.807, 2.05) is 13.8 Å². The van der Waals surface area contributed by atoms with Crippen molar-refractivity contribution in [1.29, 1.82) is 0 Å². The Morgan fingerprint density at radius 3 is 2.61 bits per heavy atom. The molecule has 18 heavy (non-hydrogen) atoms. The lowest BCUT2D eigenvalue weighted by Crippen LogP contribution is -2.15. The third-order valence-electron chi connectivity index (χ3n) is 3.00. The van der Waals surface area contributed by atoms with Crippen molar-refractivity contribution < 1.29 is 14.3 Å². The minimum Gasteiger partial charge on any atom is -0.490 e. The summed E-state index contributed by atoms with van der Waals surface area (Å²) in [5.41, 5.74) is 1.53. The molecule has 0 aromatic heterocycles. The number of ketones is 1. The Morgan fingerprint density at radius 2 is 1.94 bits per heavy atom. The van der Waals surface area contributed by atoms with E-state index in [9.17, 15) is 4.79 Å². The molecule has 1 aromatic carbocycles. The van der Waals surface area contributed by atoms with Crippen molar-refractivity contribution >= 4 is 17.4 Å². The number of Topliss-reactive ketones (excluding diaryl/α,β-unsaturated/α-hetero) is 1. The van der Waals surface area contributed by atoms with Gasteiger partial charge in [-0.05, 0) is 32.3 Å². The van der Waals surface area contributed by atoms with E-state index in [4.69, 9.17) is 21.1 Å². The Labute approximate surface area is 112 Å². The number of hydrogen-bond donors (Lipinski definition) is 0. The number of carbonyl (C=O) groups excluding carboxylic acids is 1. The average Bonchev–Trinajstić information content (AvgIpc) is 2.35. The van der Waals surface area contributed by atoms with E-state index in [1.54, 1.807) is 6.07 Å². The topological polar surface area (TPSA) is 35.5 Å². The number of benzene rings is 1. The van der Waals surface area contributed by atoms with E-state index < -0.39 is 0 Å². The van der Waals surface area contributed by atoms with Crippen molar-refractivity contribution in [2.24, 2.45) is 0 Å². The van der Waals surface area contributed by atoms with Gasteiger partial charge >= 0.3 is 0 Å². The molecule has 0 saturated carbocycles. The van der Waals surface area contributed by atoms with E-state index in [-0.39, 0.29) is 5.78 Å². The third-order valence-corrected chi connectivity index (χ3v) is 3.33. The maximum atomic E-state index is 12.1. The van der Waals surface area contributed by atoms with Gasteiger partial charge in [-0.2, -0.15) is 0 Å². The first-order valence-corrected chi connectivity index (χ1v) is 6.71. The highest BCUT2D eigenvalue weighted by atomic mass is 35.5. The average molecular weight is 269 g/mol. The van der Waals surface area contributed by atoms with Crippen LogP contribution in [0.25, 0.3) is 0 Å². The molecule has 2 rings (SSSR count). The van der Waals surface area contributed by atoms with Gasteiger partial charge in [0, 0.05) is 17.5 Å². The molecule has 3 nitrogen and oxygen atoms in total. The van der Waals surface area contributed by atoms with Crippen molar-refractivity contribution in [2.45, 2.75) is 33.1 Å². The summed E-state index contributed by atoms with van der Waals surface area (Å²) in [6.07, 6.45) is 2.23. The molecular formula is C14H17ClO3. The number of halogens is 1.